The summed E-state index contributed by atoms with van der Waals surface area (Å²) in [5.41, 5.74) is 2.27. The van der Waals surface area contributed by atoms with Crippen molar-refractivity contribution in [3.63, 3.8) is 0 Å². The van der Waals surface area contributed by atoms with Gasteiger partial charge in [0.05, 0.1) is 12.2 Å². The minimum Gasteiger partial charge on any atom is -0.391 e. The van der Waals surface area contributed by atoms with Gasteiger partial charge in [0.15, 0.2) is 0 Å². The second-order valence-corrected chi connectivity index (χ2v) is 8.14. The van der Waals surface area contributed by atoms with E-state index in [2.05, 4.69) is 20.6 Å². The zero-order chi connectivity index (χ0) is 25.5. The van der Waals surface area contributed by atoms with Crippen molar-refractivity contribution in [3.8, 4) is 11.4 Å². The maximum atomic E-state index is 13.1. The van der Waals surface area contributed by atoms with E-state index in [-0.39, 0.29) is 35.3 Å². The average Bonchev–Trinajstić information content (AvgIpc) is 2.89. The first kappa shape index (κ1) is 24.9. The molecule has 36 heavy (non-hydrogen) atoms. The van der Waals surface area contributed by atoms with Crippen LogP contribution in [0, 0.1) is 11.6 Å². The van der Waals surface area contributed by atoms with Gasteiger partial charge in [-0.05, 0) is 41.0 Å². The Morgan fingerprint density at radius 2 is 1.31 bits per heavy atom. The summed E-state index contributed by atoms with van der Waals surface area (Å²) in [5, 5.41) is 15.6. The number of halogens is 2. The van der Waals surface area contributed by atoms with Crippen LogP contribution in [0.15, 0.2) is 77.6 Å². The second kappa shape index (κ2) is 11.5. The predicted octanol–water partition coefficient (Wildman–Crippen LogP) is 3.43. The monoisotopic (exact) mass is 490 g/mol. The van der Waals surface area contributed by atoms with Crippen LogP contribution >= 0.6 is 0 Å². The van der Waals surface area contributed by atoms with E-state index in [1.54, 1.807) is 24.3 Å². The minimum absolute atomic E-state index is 0.105. The Hall–Kier alpha value is -4.21. The molecule has 9 heteroatoms. The lowest BCUT2D eigenvalue weighted by Crippen LogP contribution is -2.29. The molecule has 0 unspecified atom stereocenters. The molecule has 3 aromatic carbocycles. The van der Waals surface area contributed by atoms with E-state index in [1.807, 2.05) is 12.1 Å². The van der Waals surface area contributed by atoms with Crippen molar-refractivity contribution in [1.82, 2.24) is 20.6 Å². The van der Waals surface area contributed by atoms with Gasteiger partial charge in [0.2, 0.25) is 0 Å². The number of benzene rings is 3. The summed E-state index contributed by atoms with van der Waals surface area (Å²) < 4.78 is 26.1. The van der Waals surface area contributed by atoms with E-state index in [4.69, 9.17) is 0 Å². The first-order valence-corrected chi connectivity index (χ1v) is 11.2. The SMILES string of the molecule is O=C(NCc1ccc(F)cc1)c1nc(-c2ccc(CNCc3ccc(F)cc3)cc2)[nH]c(=O)c1CO. The maximum absolute atomic E-state index is 13.1. The number of hydrogen-bond donors (Lipinski definition) is 4. The highest BCUT2D eigenvalue weighted by Gasteiger charge is 2.18. The summed E-state index contributed by atoms with van der Waals surface area (Å²) in [6, 6.07) is 19.2. The second-order valence-electron chi connectivity index (χ2n) is 8.14. The van der Waals surface area contributed by atoms with Crippen molar-refractivity contribution >= 4 is 5.91 Å². The lowest BCUT2D eigenvalue weighted by Gasteiger charge is -2.11. The number of nitrogens with one attached hydrogen (secondary N) is 3. The third-order valence-electron chi connectivity index (χ3n) is 5.55. The largest absolute Gasteiger partial charge is 0.391 e. The van der Waals surface area contributed by atoms with Crippen LogP contribution in [-0.4, -0.2) is 21.0 Å². The summed E-state index contributed by atoms with van der Waals surface area (Å²) >= 11 is 0. The number of carbonyl (C=O) groups is 1. The summed E-state index contributed by atoms with van der Waals surface area (Å²) in [7, 11) is 0. The van der Waals surface area contributed by atoms with Gasteiger partial charge in [0.25, 0.3) is 11.5 Å². The lowest BCUT2D eigenvalue weighted by atomic mass is 10.1. The van der Waals surface area contributed by atoms with Gasteiger partial charge in [-0.15, -0.1) is 0 Å². The van der Waals surface area contributed by atoms with E-state index in [0.717, 1.165) is 11.1 Å². The number of amides is 1. The molecule has 4 N–H and O–H groups in total. The number of aromatic amines is 1. The van der Waals surface area contributed by atoms with Gasteiger partial charge >= 0.3 is 0 Å². The van der Waals surface area contributed by atoms with Crippen molar-refractivity contribution in [2.45, 2.75) is 26.2 Å². The molecule has 0 saturated heterocycles. The molecular weight excluding hydrogens is 466 g/mol. The Bertz CT molecular complexity index is 1390. The molecular formula is C27H24F2N4O3. The molecule has 1 aromatic heterocycles. The number of aliphatic hydroxyl groups excluding tert-OH is 1. The molecule has 0 bridgehead atoms. The Balaban J connectivity index is 1.45. The van der Waals surface area contributed by atoms with Crippen LogP contribution < -0.4 is 16.2 Å². The minimum atomic E-state index is -0.652. The topological polar surface area (TPSA) is 107 Å². The van der Waals surface area contributed by atoms with Crippen molar-refractivity contribution in [1.29, 1.82) is 0 Å². The molecule has 0 atom stereocenters. The van der Waals surface area contributed by atoms with Crippen LogP contribution in [0.3, 0.4) is 0 Å². The van der Waals surface area contributed by atoms with Gasteiger partial charge in [-0.2, -0.15) is 0 Å². The van der Waals surface area contributed by atoms with Crippen molar-refractivity contribution in [2.24, 2.45) is 0 Å². The molecule has 0 radical (unpaired) electrons. The average molecular weight is 491 g/mol. The fourth-order valence-corrected chi connectivity index (χ4v) is 3.57. The standard InChI is InChI=1S/C27H24F2N4O3/c28-21-9-3-18(4-10-21)14-30-13-17-1-7-20(8-2-17)25-32-24(23(16-34)26(35)33-25)27(36)31-15-19-5-11-22(29)12-6-19/h1-12,30,34H,13-16H2,(H,31,36)(H,32,33,35). The van der Waals surface area contributed by atoms with Crippen molar-refractivity contribution in [3.05, 3.63) is 123 Å². The fraction of sp³-hybridized carbons (Fsp3) is 0.148. The number of hydrogen-bond acceptors (Lipinski definition) is 5. The van der Waals surface area contributed by atoms with Gasteiger partial charge in [-0.1, -0.05) is 48.5 Å². The number of nitrogens with zero attached hydrogens (tertiary/aromatic N) is 1. The van der Waals surface area contributed by atoms with Gasteiger partial charge in [0, 0.05) is 25.2 Å². The number of aliphatic hydroxyl groups is 1. The number of aromatic nitrogens is 2. The number of rotatable bonds is 9. The highest BCUT2D eigenvalue weighted by atomic mass is 19.1. The molecule has 7 nitrogen and oxygen atoms in total. The highest BCUT2D eigenvalue weighted by molar-refractivity contribution is 5.94. The van der Waals surface area contributed by atoms with Gasteiger partial charge in [0.1, 0.15) is 23.2 Å². The highest BCUT2D eigenvalue weighted by Crippen LogP contribution is 2.17. The van der Waals surface area contributed by atoms with Crippen molar-refractivity contribution < 1.29 is 18.7 Å². The van der Waals surface area contributed by atoms with Crippen LogP contribution in [0.1, 0.15) is 32.7 Å². The first-order valence-electron chi connectivity index (χ1n) is 11.2. The predicted molar refractivity (Wildman–Crippen MR) is 131 cm³/mol. The molecule has 0 aliphatic heterocycles. The van der Waals surface area contributed by atoms with E-state index in [1.165, 1.54) is 36.4 Å². The fourth-order valence-electron chi connectivity index (χ4n) is 3.57. The summed E-state index contributed by atoms with van der Waals surface area (Å²) in [4.78, 5) is 32.2. The molecule has 0 spiro atoms. The molecule has 0 aliphatic carbocycles. The van der Waals surface area contributed by atoms with E-state index in [9.17, 15) is 23.5 Å². The Labute approximate surface area is 205 Å². The summed E-state index contributed by atoms with van der Waals surface area (Å²) in [6.45, 7) is 0.603. The number of carbonyl (C=O) groups excluding carboxylic acids is 1. The normalized spacial score (nSPS) is 10.9. The van der Waals surface area contributed by atoms with Crippen LogP contribution in [0.2, 0.25) is 0 Å². The van der Waals surface area contributed by atoms with Crippen LogP contribution in [0.5, 0.6) is 0 Å². The van der Waals surface area contributed by atoms with Crippen LogP contribution in [-0.2, 0) is 26.2 Å². The Kier molecular flexibility index (Phi) is 7.94. The smallest absolute Gasteiger partial charge is 0.270 e. The third-order valence-corrected chi connectivity index (χ3v) is 5.55. The van der Waals surface area contributed by atoms with Crippen molar-refractivity contribution in [2.75, 3.05) is 0 Å². The van der Waals surface area contributed by atoms with Crippen LogP contribution in [0.25, 0.3) is 11.4 Å². The van der Waals surface area contributed by atoms with E-state index >= 15 is 0 Å². The summed E-state index contributed by atoms with van der Waals surface area (Å²) in [5.74, 6) is -1.10. The molecule has 4 rings (SSSR count). The Morgan fingerprint density at radius 3 is 1.83 bits per heavy atom. The number of H-pyrrole nitrogens is 1. The van der Waals surface area contributed by atoms with Gasteiger partial charge in [-0.3, -0.25) is 9.59 Å². The molecule has 184 valence electrons. The van der Waals surface area contributed by atoms with E-state index < -0.39 is 18.1 Å². The Morgan fingerprint density at radius 1 is 0.806 bits per heavy atom. The van der Waals surface area contributed by atoms with E-state index in [0.29, 0.717) is 24.2 Å². The molecule has 0 fully saturated rings. The molecule has 0 aliphatic rings. The maximum Gasteiger partial charge on any atom is 0.270 e. The van der Waals surface area contributed by atoms with Crippen LogP contribution in [0.4, 0.5) is 8.78 Å². The first-order chi connectivity index (χ1) is 17.4. The molecule has 0 saturated carbocycles. The quantitative estimate of drug-likeness (QED) is 0.288. The van der Waals surface area contributed by atoms with Gasteiger partial charge < -0.3 is 20.7 Å². The zero-order valence-electron chi connectivity index (χ0n) is 19.2. The zero-order valence-corrected chi connectivity index (χ0v) is 19.2. The third kappa shape index (κ3) is 6.26. The molecule has 1 heterocycles. The molecule has 1 amide bonds. The van der Waals surface area contributed by atoms with Gasteiger partial charge in [-0.25, -0.2) is 13.8 Å². The lowest BCUT2D eigenvalue weighted by molar-refractivity contribution is 0.0942. The molecule has 4 aromatic rings. The summed E-state index contributed by atoms with van der Waals surface area (Å²) in [6.07, 6.45) is 0.